The Morgan fingerprint density at radius 1 is 1.43 bits per heavy atom. The van der Waals surface area contributed by atoms with Gasteiger partial charge in [0, 0.05) is 10.5 Å². The number of thiophene rings is 1. The number of rotatable bonds is 3. The fourth-order valence-corrected chi connectivity index (χ4v) is 3.16. The molecule has 14 heavy (non-hydrogen) atoms. The van der Waals surface area contributed by atoms with E-state index in [1.54, 1.807) is 17.4 Å². The van der Waals surface area contributed by atoms with Crippen LogP contribution in [0.4, 0.5) is 0 Å². The summed E-state index contributed by atoms with van der Waals surface area (Å²) in [6.45, 7) is 2.17. The summed E-state index contributed by atoms with van der Waals surface area (Å²) in [7, 11) is 0. The van der Waals surface area contributed by atoms with E-state index in [1.165, 1.54) is 15.6 Å². The Kier molecular flexibility index (Phi) is 2.99. The van der Waals surface area contributed by atoms with Crippen molar-refractivity contribution in [2.75, 3.05) is 5.75 Å². The summed E-state index contributed by atoms with van der Waals surface area (Å²) in [6.07, 6.45) is 0. The zero-order chi connectivity index (χ0) is 9.97. The Balaban J connectivity index is 2.37. The van der Waals surface area contributed by atoms with E-state index in [9.17, 15) is 5.11 Å². The van der Waals surface area contributed by atoms with Gasteiger partial charge in [0.05, 0.1) is 0 Å². The maximum Gasteiger partial charge on any atom is 0.117 e. The Labute approximate surface area is 91.8 Å². The predicted molar refractivity (Wildman–Crippen MR) is 65.3 cm³/mol. The molecule has 1 nitrogen and oxygen atoms in total. The van der Waals surface area contributed by atoms with Gasteiger partial charge in [-0.25, -0.2) is 0 Å². The number of benzene rings is 1. The van der Waals surface area contributed by atoms with Gasteiger partial charge in [0.15, 0.2) is 0 Å². The Hall–Kier alpha value is -0.670. The van der Waals surface area contributed by atoms with Crippen molar-refractivity contribution in [2.45, 2.75) is 12.7 Å². The lowest BCUT2D eigenvalue weighted by Crippen LogP contribution is -1.77. The van der Waals surface area contributed by atoms with E-state index < -0.39 is 0 Å². The van der Waals surface area contributed by atoms with Crippen LogP contribution >= 0.6 is 23.1 Å². The van der Waals surface area contributed by atoms with Crippen LogP contribution in [0.25, 0.3) is 10.1 Å². The van der Waals surface area contributed by atoms with Crippen molar-refractivity contribution >= 4 is 33.2 Å². The molecule has 1 aromatic carbocycles. The number of thioether (sulfide) groups is 1. The minimum absolute atomic E-state index is 0.356. The zero-order valence-electron chi connectivity index (χ0n) is 7.99. The molecule has 3 heteroatoms. The van der Waals surface area contributed by atoms with Crippen molar-refractivity contribution in [3.8, 4) is 5.75 Å². The van der Waals surface area contributed by atoms with Gasteiger partial charge in [0.2, 0.25) is 0 Å². The van der Waals surface area contributed by atoms with Gasteiger partial charge in [-0.15, -0.1) is 11.3 Å². The second kappa shape index (κ2) is 4.24. The van der Waals surface area contributed by atoms with E-state index in [1.807, 2.05) is 23.9 Å². The molecule has 0 aliphatic heterocycles. The van der Waals surface area contributed by atoms with Crippen molar-refractivity contribution in [3.05, 3.63) is 29.1 Å². The lowest BCUT2D eigenvalue weighted by molar-refractivity contribution is 0.476. The van der Waals surface area contributed by atoms with Gasteiger partial charge >= 0.3 is 0 Å². The molecule has 2 rings (SSSR count). The van der Waals surface area contributed by atoms with Crippen LogP contribution < -0.4 is 0 Å². The van der Waals surface area contributed by atoms with Crippen LogP contribution in [-0.4, -0.2) is 10.9 Å². The first kappa shape index (κ1) is 9.87. The third kappa shape index (κ3) is 1.88. The molecule has 1 N–H and O–H groups in total. The molecule has 0 amide bonds. The van der Waals surface area contributed by atoms with Crippen LogP contribution in [0.5, 0.6) is 5.75 Å². The SMILES string of the molecule is CCSCc1csc2cc(O)ccc12. The Morgan fingerprint density at radius 2 is 2.29 bits per heavy atom. The third-order valence-corrected chi connectivity index (χ3v) is 4.02. The van der Waals surface area contributed by atoms with Crippen molar-refractivity contribution < 1.29 is 5.11 Å². The number of aromatic hydroxyl groups is 1. The van der Waals surface area contributed by atoms with Gasteiger partial charge in [-0.2, -0.15) is 11.8 Å². The molecular formula is C11H12OS2. The first-order valence-corrected chi connectivity index (χ1v) is 6.61. The van der Waals surface area contributed by atoms with Crippen LogP contribution in [-0.2, 0) is 5.75 Å². The molecule has 0 unspecified atom stereocenters. The maximum atomic E-state index is 9.32. The topological polar surface area (TPSA) is 20.2 Å². The molecule has 0 saturated heterocycles. The van der Waals surface area contributed by atoms with Crippen molar-refractivity contribution in [3.63, 3.8) is 0 Å². The van der Waals surface area contributed by atoms with Crippen LogP contribution in [0.3, 0.4) is 0 Å². The summed E-state index contributed by atoms with van der Waals surface area (Å²) in [4.78, 5) is 0. The highest BCUT2D eigenvalue weighted by Crippen LogP contribution is 2.31. The Bertz CT molecular complexity index is 434. The van der Waals surface area contributed by atoms with Crippen molar-refractivity contribution in [1.82, 2.24) is 0 Å². The normalized spacial score (nSPS) is 10.9. The summed E-state index contributed by atoms with van der Waals surface area (Å²) in [6, 6.07) is 5.60. The largest absolute Gasteiger partial charge is 0.508 e. The van der Waals surface area contributed by atoms with Gasteiger partial charge in [-0.05, 0) is 40.3 Å². The molecular weight excluding hydrogens is 212 g/mol. The summed E-state index contributed by atoms with van der Waals surface area (Å²) in [5.74, 6) is 2.57. The van der Waals surface area contributed by atoms with E-state index >= 15 is 0 Å². The van der Waals surface area contributed by atoms with Gasteiger partial charge in [-0.1, -0.05) is 6.92 Å². The van der Waals surface area contributed by atoms with Crippen molar-refractivity contribution in [1.29, 1.82) is 0 Å². The van der Waals surface area contributed by atoms with Gasteiger partial charge < -0.3 is 5.11 Å². The smallest absolute Gasteiger partial charge is 0.117 e. The number of fused-ring (bicyclic) bond motifs is 1. The Morgan fingerprint density at radius 3 is 3.07 bits per heavy atom. The van der Waals surface area contributed by atoms with Gasteiger partial charge in [-0.3, -0.25) is 0 Å². The molecule has 74 valence electrons. The maximum absolute atomic E-state index is 9.32. The molecule has 0 spiro atoms. The quantitative estimate of drug-likeness (QED) is 0.854. The highest BCUT2D eigenvalue weighted by atomic mass is 32.2. The summed E-state index contributed by atoms with van der Waals surface area (Å²) >= 11 is 3.63. The number of hydrogen-bond donors (Lipinski definition) is 1. The first-order valence-electron chi connectivity index (χ1n) is 4.58. The zero-order valence-corrected chi connectivity index (χ0v) is 9.62. The molecule has 2 aromatic rings. The monoisotopic (exact) mass is 224 g/mol. The van der Waals surface area contributed by atoms with E-state index in [-0.39, 0.29) is 0 Å². The molecule has 0 fully saturated rings. The molecule has 0 aliphatic rings. The lowest BCUT2D eigenvalue weighted by atomic mass is 10.2. The summed E-state index contributed by atoms with van der Waals surface area (Å²) < 4.78 is 1.18. The number of phenols is 1. The van der Waals surface area contributed by atoms with E-state index in [4.69, 9.17) is 0 Å². The fraction of sp³-hybridized carbons (Fsp3) is 0.273. The average Bonchev–Trinajstić information content (AvgIpc) is 2.57. The molecule has 0 saturated carbocycles. The van der Waals surface area contributed by atoms with E-state index in [0.717, 1.165) is 11.5 Å². The standard InChI is InChI=1S/C11H12OS2/c1-2-13-6-8-7-14-11-5-9(12)3-4-10(8)11/h3-5,7,12H,2,6H2,1H3. The van der Waals surface area contributed by atoms with Crippen LogP contribution in [0.2, 0.25) is 0 Å². The average molecular weight is 224 g/mol. The first-order chi connectivity index (χ1) is 6.81. The molecule has 1 aromatic heterocycles. The highest BCUT2D eigenvalue weighted by Gasteiger charge is 2.03. The molecule has 0 bridgehead atoms. The van der Waals surface area contributed by atoms with Crippen molar-refractivity contribution in [2.24, 2.45) is 0 Å². The second-order valence-electron chi connectivity index (χ2n) is 3.08. The molecule has 0 radical (unpaired) electrons. The van der Waals surface area contributed by atoms with Crippen LogP contribution in [0.15, 0.2) is 23.6 Å². The minimum Gasteiger partial charge on any atom is -0.508 e. The van der Waals surface area contributed by atoms with E-state index in [0.29, 0.717) is 5.75 Å². The fourth-order valence-electron chi connectivity index (χ4n) is 1.40. The van der Waals surface area contributed by atoms with Gasteiger partial charge in [0.1, 0.15) is 5.75 Å². The summed E-state index contributed by atoms with van der Waals surface area (Å²) in [5.41, 5.74) is 1.39. The molecule has 1 heterocycles. The summed E-state index contributed by atoms with van der Waals surface area (Å²) in [5, 5.41) is 12.8. The third-order valence-electron chi connectivity index (χ3n) is 2.10. The van der Waals surface area contributed by atoms with Crippen LogP contribution in [0, 0.1) is 0 Å². The second-order valence-corrected chi connectivity index (χ2v) is 5.26. The van der Waals surface area contributed by atoms with Crippen LogP contribution in [0.1, 0.15) is 12.5 Å². The lowest BCUT2D eigenvalue weighted by Gasteiger charge is -1.97. The molecule has 0 aliphatic carbocycles. The number of phenolic OH excluding ortho intramolecular Hbond substituents is 1. The molecule has 0 atom stereocenters. The predicted octanol–water partition coefficient (Wildman–Crippen LogP) is 3.86. The van der Waals surface area contributed by atoms with E-state index in [2.05, 4.69) is 12.3 Å². The number of hydrogen-bond acceptors (Lipinski definition) is 3. The highest BCUT2D eigenvalue weighted by molar-refractivity contribution is 7.98. The minimum atomic E-state index is 0.356. The van der Waals surface area contributed by atoms with Gasteiger partial charge in [0.25, 0.3) is 0 Å².